The molecule has 4 nitrogen and oxygen atoms in total. The number of hydrogen-bond donors (Lipinski definition) is 1. The van der Waals surface area contributed by atoms with Crippen LogP contribution in [-0.4, -0.2) is 17.5 Å². The molecule has 0 unspecified atom stereocenters. The van der Waals surface area contributed by atoms with E-state index in [2.05, 4.69) is 4.98 Å². The Labute approximate surface area is 81.8 Å². The molecule has 14 heavy (non-hydrogen) atoms. The number of aliphatic hydroxyl groups is 1. The van der Waals surface area contributed by atoms with Crippen LogP contribution in [-0.2, 0) is 11.2 Å². The lowest BCUT2D eigenvalue weighted by atomic mass is 10.1. The molecular weight excluding hydrogens is 180 g/mol. The fraction of sp³-hybridized carbons (Fsp3) is 0.300. The molecule has 0 radical (unpaired) electrons. The number of nitrogens with zero attached hydrogens (tertiary/aromatic N) is 2. The van der Waals surface area contributed by atoms with E-state index >= 15 is 0 Å². The molecule has 0 heterocycles. The van der Waals surface area contributed by atoms with Crippen LogP contribution >= 0.6 is 0 Å². The van der Waals surface area contributed by atoms with Gasteiger partial charge >= 0.3 is 5.69 Å². The van der Waals surface area contributed by atoms with E-state index < -0.39 is 6.61 Å². The van der Waals surface area contributed by atoms with E-state index in [9.17, 15) is 4.79 Å². The summed E-state index contributed by atoms with van der Waals surface area (Å²) in [5.41, 5.74) is 1.47. The second-order valence-corrected chi connectivity index (χ2v) is 2.96. The van der Waals surface area contributed by atoms with Crippen molar-refractivity contribution in [1.82, 2.24) is 0 Å². The zero-order chi connectivity index (χ0) is 10.4. The van der Waals surface area contributed by atoms with Crippen LogP contribution in [0, 0.1) is 5.39 Å². The first kappa shape index (κ1) is 10.4. The summed E-state index contributed by atoms with van der Waals surface area (Å²) in [5, 5.41) is 16.9. The zero-order valence-electron chi connectivity index (χ0n) is 7.68. The van der Waals surface area contributed by atoms with Crippen molar-refractivity contribution >= 4 is 11.5 Å². The zero-order valence-corrected chi connectivity index (χ0v) is 7.68. The number of Topliss-reactive ketones (excluding diaryl/α,β-unsaturated/α-hetero) is 1. The lowest BCUT2D eigenvalue weighted by molar-refractivity contribution is -0.121. The highest BCUT2D eigenvalue weighted by atomic mass is 16.3. The number of rotatable bonds is 4. The molecule has 4 heteroatoms. The third-order valence-corrected chi connectivity index (χ3v) is 1.92. The van der Waals surface area contributed by atoms with E-state index in [0.29, 0.717) is 18.5 Å². The Kier molecular flexibility index (Phi) is 3.77. The summed E-state index contributed by atoms with van der Waals surface area (Å²) in [6, 6.07) is 6.91. The average Bonchev–Trinajstić information content (AvgIpc) is 2.26. The molecule has 0 amide bonds. The molecule has 1 N–H and O–H groups in total. The third-order valence-electron chi connectivity index (χ3n) is 1.92. The summed E-state index contributed by atoms with van der Waals surface area (Å²) in [6.07, 6.45) is 0.942. The van der Waals surface area contributed by atoms with Crippen molar-refractivity contribution in [3.63, 3.8) is 0 Å². The van der Waals surface area contributed by atoms with E-state index in [0.717, 1.165) is 5.56 Å². The molecular formula is C10H11N2O2+. The van der Waals surface area contributed by atoms with E-state index in [-0.39, 0.29) is 5.78 Å². The van der Waals surface area contributed by atoms with Crippen molar-refractivity contribution in [1.29, 1.82) is 5.39 Å². The lowest BCUT2D eigenvalue weighted by Crippen LogP contribution is -2.04. The highest BCUT2D eigenvalue weighted by Gasteiger charge is 2.04. The Bertz CT molecular complexity index is 351. The summed E-state index contributed by atoms with van der Waals surface area (Å²) in [7, 11) is 0. The largest absolute Gasteiger partial charge is 0.389 e. The standard InChI is InChI=1S/C10H11N2O2/c11-12-9-4-1-8(2-5-9)3-6-10(14)7-13/h1-2,4-5,13H,3,6-7H2/q+1. The maximum atomic E-state index is 10.8. The summed E-state index contributed by atoms with van der Waals surface area (Å²) >= 11 is 0. The molecule has 0 bridgehead atoms. The van der Waals surface area contributed by atoms with Crippen molar-refractivity contribution in [2.75, 3.05) is 6.61 Å². The summed E-state index contributed by atoms with van der Waals surface area (Å²) in [5.74, 6) is -0.166. The predicted molar refractivity (Wildman–Crippen MR) is 51.6 cm³/mol. The van der Waals surface area contributed by atoms with E-state index in [1.54, 1.807) is 24.3 Å². The number of hydrogen-bond acceptors (Lipinski definition) is 3. The smallest absolute Gasteiger partial charge is 0.385 e. The first-order chi connectivity index (χ1) is 6.76. The number of benzene rings is 1. The molecule has 0 fully saturated rings. The molecule has 1 aromatic rings. The SMILES string of the molecule is N#[N+]c1ccc(CCC(=O)CO)cc1. The Morgan fingerprint density at radius 1 is 1.36 bits per heavy atom. The Morgan fingerprint density at radius 3 is 2.50 bits per heavy atom. The molecule has 0 aliphatic rings. The fourth-order valence-corrected chi connectivity index (χ4v) is 1.09. The van der Waals surface area contributed by atoms with Gasteiger partial charge < -0.3 is 5.11 Å². The summed E-state index contributed by atoms with van der Waals surface area (Å²) in [6.45, 7) is -0.399. The molecule has 0 saturated heterocycles. The topological polar surface area (TPSA) is 65.5 Å². The monoisotopic (exact) mass is 191 g/mol. The van der Waals surface area contributed by atoms with Gasteiger partial charge in [-0.05, 0) is 12.0 Å². The summed E-state index contributed by atoms with van der Waals surface area (Å²) in [4.78, 5) is 13.8. The quantitative estimate of drug-likeness (QED) is 0.736. The van der Waals surface area contributed by atoms with Crippen molar-refractivity contribution in [3.05, 3.63) is 34.8 Å². The van der Waals surface area contributed by atoms with Crippen molar-refractivity contribution < 1.29 is 9.90 Å². The number of ketones is 1. The number of aryl methyl sites for hydroxylation is 1. The van der Waals surface area contributed by atoms with E-state index in [1.165, 1.54) is 0 Å². The molecule has 0 atom stereocenters. The van der Waals surface area contributed by atoms with Crippen LogP contribution in [0.2, 0.25) is 0 Å². The lowest BCUT2D eigenvalue weighted by Gasteiger charge is -1.97. The van der Waals surface area contributed by atoms with Crippen LogP contribution in [0.5, 0.6) is 0 Å². The number of diazo groups is 1. The summed E-state index contributed by atoms with van der Waals surface area (Å²) < 4.78 is 0. The minimum atomic E-state index is -0.399. The van der Waals surface area contributed by atoms with Gasteiger partial charge in [-0.3, -0.25) is 4.79 Å². The van der Waals surface area contributed by atoms with Crippen molar-refractivity contribution in [2.45, 2.75) is 12.8 Å². The van der Waals surface area contributed by atoms with Gasteiger partial charge in [-0.1, -0.05) is 12.1 Å². The van der Waals surface area contributed by atoms with Crippen LogP contribution in [0.25, 0.3) is 4.98 Å². The Hall–Kier alpha value is -1.73. The second kappa shape index (κ2) is 5.10. The Balaban J connectivity index is 2.53. The van der Waals surface area contributed by atoms with Crippen molar-refractivity contribution in [2.24, 2.45) is 0 Å². The van der Waals surface area contributed by atoms with Crippen molar-refractivity contribution in [3.8, 4) is 0 Å². The molecule has 0 aliphatic heterocycles. The van der Waals surface area contributed by atoms with Gasteiger partial charge in [0, 0.05) is 18.6 Å². The number of aliphatic hydroxyl groups excluding tert-OH is 1. The third kappa shape index (κ3) is 2.96. The second-order valence-electron chi connectivity index (χ2n) is 2.96. The van der Waals surface area contributed by atoms with Crippen LogP contribution in [0.4, 0.5) is 5.69 Å². The van der Waals surface area contributed by atoms with Gasteiger partial charge in [-0.15, -0.1) is 0 Å². The van der Waals surface area contributed by atoms with Gasteiger partial charge in [0.1, 0.15) is 6.61 Å². The molecule has 0 spiro atoms. The molecule has 1 aromatic carbocycles. The van der Waals surface area contributed by atoms with Crippen LogP contribution < -0.4 is 0 Å². The molecule has 0 saturated carbocycles. The minimum Gasteiger partial charge on any atom is -0.389 e. The number of carbonyl (C=O) groups is 1. The maximum Gasteiger partial charge on any atom is 0.385 e. The number of carbonyl (C=O) groups excluding carboxylic acids is 1. The first-order valence-corrected chi connectivity index (χ1v) is 4.33. The van der Waals surface area contributed by atoms with Gasteiger partial charge in [0.2, 0.25) is 5.39 Å². The molecule has 72 valence electrons. The minimum absolute atomic E-state index is 0.166. The highest BCUT2D eigenvalue weighted by molar-refractivity contribution is 5.79. The van der Waals surface area contributed by atoms with Gasteiger partial charge in [0.05, 0.1) is 0 Å². The first-order valence-electron chi connectivity index (χ1n) is 4.33. The van der Waals surface area contributed by atoms with Gasteiger partial charge in [0.25, 0.3) is 0 Å². The molecule has 0 aliphatic carbocycles. The van der Waals surface area contributed by atoms with Gasteiger partial charge in [0.15, 0.2) is 10.8 Å². The van der Waals surface area contributed by atoms with E-state index in [4.69, 9.17) is 10.5 Å². The van der Waals surface area contributed by atoms with Gasteiger partial charge in [-0.2, -0.15) is 0 Å². The average molecular weight is 191 g/mol. The Morgan fingerprint density at radius 2 is 2.00 bits per heavy atom. The van der Waals surface area contributed by atoms with E-state index in [1.807, 2.05) is 0 Å². The van der Waals surface area contributed by atoms with Crippen LogP contribution in [0.1, 0.15) is 12.0 Å². The van der Waals surface area contributed by atoms with Gasteiger partial charge in [-0.25, -0.2) is 0 Å². The van der Waals surface area contributed by atoms with Crippen LogP contribution in [0.15, 0.2) is 24.3 Å². The predicted octanol–water partition coefficient (Wildman–Crippen LogP) is 1.67. The molecule has 0 aromatic heterocycles. The van der Waals surface area contributed by atoms with Crippen LogP contribution in [0.3, 0.4) is 0 Å². The maximum absolute atomic E-state index is 10.8. The highest BCUT2D eigenvalue weighted by Crippen LogP contribution is 2.13. The molecule has 1 rings (SSSR count). The fourth-order valence-electron chi connectivity index (χ4n) is 1.09. The normalized spacial score (nSPS) is 9.43.